The number of aliphatic hydroxyl groups excluding tert-OH is 1. The summed E-state index contributed by atoms with van der Waals surface area (Å²) in [6, 6.07) is 22.9. The van der Waals surface area contributed by atoms with E-state index >= 15 is 0 Å². The van der Waals surface area contributed by atoms with Gasteiger partial charge in [0.25, 0.3) is 11.8 Å². The molecule has 2 amide bonds. The number of aryl methyl sites for hydroxylation is 2. The van der Waals surface area contributed by atoms with Crippen LogP contribution >= 0.6 is 11.3 Å². The molecule has 0 bridgehead atoms. The smallest absolute Gasteiger partial charge is 0.251 e. The molecule has 0 saturated carbocycles. The van der Waals surface area contributed by atoms with Gasteiger partial charge in [0.05, 0.1) is 29.6 Å². The molecule has 3 aromatic carbocycles. The normalized spacial score (nSPS) is 14.1. The Labute approximate surface area is 281 Å². The number of anilines is 1. The molecule has 1 heterocycles. The van der Waals surface area contributed by atoms with Crippen LogP contribution in [0.2, 0.25) is 0 Å². The number of rotatable bonds is 15. The van der Waals surface area contributed by atoms with E-state index < -0.39 is 34.0 Å². The molecule has 4 rings (SSSR count). The van der Waals surface area contributed by atoms with E-state index in [4.69, 9.17) is 0 Å². The fourth-order valence-corrected chi connectivity index (χ4v) is 6.75. The molecule has 0 aliphatic carbocycles. The minimum absolute atomic E-state index is 0.0389. The van der Waals surface area contributed by atoms with Crippen molar-refractivity contribution in [2.45, 2.75) is 65.3 Å². The summed E-state index contributed by atoms with van der Waals surface area (Å²) in [6.45, 7) is 9.59. The number of nitrogens with one attached hydrogen (secondary N) is 4. The summed E-state index contributed by atoms with van der Waals surface area (Å²) >= 11 is 1.53. The molecule has 5 N–H and O–H groups in total. The Morgan fingerprint density at radius 3 is 2.09 bits per heavy atom. The third-order valence-electron chi connectivity index (χ3n) is 8.04. The number of sulfonamides is 1. The fraction of sp³-hybridized carbons (Fsp3) is 0.333. The van der Waals surface area contributed by atoms with E-state index in [1.54, 1.807) is 0 Å². The molecule has 47 heavy (non-hydrogen) atoms. The SMILES string of the molecule is CCS(=O)(=O)Nc1cc(C(=O)NC(C)c2sccc2C)cc(C(=O)N[C@@H](Cc2ccccc2)[C@H](O)CN[C@H](C)c2ccc(C)cc2)c1. The summed E-state index contributed by atoms with van der Waals surface area (Å²) in [7, 11) is -3.70. The van der Waals surface area contributed by atoms with Crippen LogP contribution in [0.3, 0.4) is 0 Å². The molecule has 250 valence electrons. The van der Waals surface area contributed by atoms with Crippen LogP contribution < -0.4 is 20.7 Å². The number of hydrogen-bond donors (Lipinski definition) is 5. The molecule has 0 saturated heterocycles. The second-order valence-corrected chi connectivity index (χ2v) is 14.8. The zero-order valence-electron chi connectivity index (χ0n) is 27.4. The lowest BCUT2D eigenvalue weighted by Gasteiger charge is -2.26. The lowest BCUT2D eigenvalue weighted by molar-refractivity contribution is 0.0825. The second kappa shape index (κ2) is 16.2. The van der Waals surface area contributed by atoms with Crippen molar-refractivity contribution in [3.8, 4) is 0 Å². The molecule has 0 spiro atoms. The molecular formula is C36H44N4O5S2. The van der Waals surface area contributed by atoms with E-state index in [0.717, 1.165) is 27.1 Å². The Morgan fingerprint density at radius 2 is 1.49 bits per heavy atom. The Hall–Kier alpha value is -4.03. The molecular weight excluding hydrogens is 633 g/mol. The first-order valence-electron chi connectivity index (χ1n) is 15.7. The van der Waals surface area contributed by atoms with Gasteiger partial charge in [-0.3, -0.25) is 14.3 Å². The highest BCUT2D eigenvalue weighted by Crippen LogP contribution is 2.25. The summed E-state index contributed by atoms with van der Waals surface area (Å²) in [5, 5.41) is 22.6. The largest absolute Gasteiger partial charge is 0.390 e. The minimum atomic E-state index is -3.70. The number of carbonyl (C=O) groups excluding carboxylic acids is 2. The maximum Gasteiger partial charge on any atom is 0.251 e. The Morgan fingerprint density at radius 1 is 0.851 bits per heavy atom. The fourth-order valence-electron chi connectivity index (χ4n) is 5.19. The summed E-state index contributed by atoms with van der Waals surface area (Å²) in [5.41, 5.74) is 4.51. The van der Waals surface area contributed by atoms with Gasteiger partial charge in [-0.25, -0.2) is 8.42 Å². The summed E-state index contributed by atoms with van der Waals surface area (Å²) in [6.07, 6.45) is -0.617. The average molecular weight is 677 g/mol. The van der Waals surface area contributed by atoms with Crippen molar-refractivity contribution in [2.75, 3.05) is 17.0 Å². The first-order valence-corrected chi connectivity index (χ1v) is 18.2. The standard InChI is InChI=1S/C36H44N4O5S2/c1-6-47(44,45)40-31-20-29(35(42)38-26(5)34-24(3)16-17-46-34)19-30(21-31)36(43)39-32(18-27-10-8-7-9-11-27)33(41)22-37-25(4)28-14-12-23(2)13-15-28/h7-17,19-21,25-26,32-33,37,40-41H,6,18,22H2,1-5H3,(H,38,42)(H,39,43)/t25-,26?,32+,33-/m1/s1. The summed E-state index contributed by atoms with van der Waals surface area (Å²) in [5.74, 6) is -1.18. The second-order valence-electron chi connectivity index (χ2n) is 11.8. The third kappa shape index (κ3) is 10.2. The van der Waals surface area contributed by atoms with Gasteiger partial charge in [-0.15, -0.1) is 11.3 Å². The van der Waals surface area contributed by atoms with Crippen LogP contribution in [0.15, 0.2) is 84.2 Å². The molecule has 0 fully saturated rings. The van der Waals surface area contributed by atoms with E-state index in [-0.39, 0.29) is 41.2 Å². The summed E-state index contributed by atoms with van der Waals surface area (Å²) < 4.78 is 27.4. The number of thiophene rings is 1. The zero-order chi connectivity index (χ0) is 34.1. The van der Waals surface area contributed by atoms with Gasteiger partial charge in [-0.05, 0) is 87.4 Å². The highest BCUT2D eigenvalue weighted by molar-refractivity contribution is 7.92. The predicted octanol–water partition coefficient (Wildman–Crippen LogP) is 5.67. The topological polar surface area (TPSA) is 137 Å². The van der Waals surface area contributed by atoms with E-state index in [2.05, 4.69) is 20.7 Å². The summed E-state index contributed by atoms with van der Waals surface area (Å²) in [4.78, 5) is 28.2. The third-order valence-corrected chi connectivity index (χ3v) is 10.6. The number of benzene rings is 3. The van der Waals surface area contributed by atoms with E-state index in [1.165, 1.54) is 36.5 Å². The maximum atomic E-state index is 13.8. The molecule has 0 aliphatic heterocycles. The van der Waals surface area contributed by atoms with Gasteiger partial charge in [0.15, 0.2) is 0 Å². The van der Waals surface area contributed by atoms with Crippen LogP contribution in [-0.4, -0.2) is 49.8 Å². The monoisotopic (exact) mass is 676 g/mol. The van der Waals surface area contributed by atoms with Crippen LogP contribution in [0.1, 0.15) is 80.7 Å². The number of amides is 2. The van der Waals surface area contributed by atoms with Gasteiger partial charge in [-0.1, -0.05) is 60.2 Å². The molecule has 9 nitrogen and oxygen atoms in total. The lowest BCUT2D eigenvalue weighted by Crippen LogP contribution is -2.49. The van der Waals surface area contributed by atoms with Crippen molar-refractivity contribution >= 4 is 38.9 Å². The van der Waals surface area contributed by atoms with Crippen molar-refractivity contribution in [2.24, 2.45) is 0 Å². The van der Waals surface area contributed by atoms with Gasteiger partial charge < -0.3 is 21.1 Å². The van der Waals surface area contributed by atoms with Crippen LogP contribution in [0.25, 0.3) is 0 Å². The van der Waals surface area contributed by atoms with Gasteiger partial charge >= 0.3 is 0 Å². The zero-order valence-corrected chi connectivity index (χ0v) is 29.0. The van der Waals surface area contributed by atoms with Crippen LogP contribution in [0.4, 0.5) is 5.69 Å². The van der Waals surface area contributed by atoms with Crippen LogP contribution in [-0.2, 0) is 16.4 Å². The average Bonchev–Trinajstić information content (AvgIpc) is 3.49. The lowest BCUT2D eigenvalue weighted by atomic mass is 9.99. The molecule has 4 atom stereocenters. The van der Waals surface area contributed by atoms with E-state index in [1.807, 2.05) is 93.7 Å². The van der Waals surface area contributed by atoms with Crippen LogP contribution in [0, 0.1) is 13.8 Å². The first-order chi connectivity index (χ1) is 22.3. The van der Waals surface area contributed by atoms with Crippen LogP contribution in [0.5, 0.6) is 0 Å². The number of hydrogen-bond acceptors (Lipinski definition) is 7. The molecule has 1 unspecified atom stereocenters. The van der Waals surface area contributed by atoms with E-state index in [0.29, 0.717) is 6.42 Å². The van der Waals surface area contributed by atoms with Crippen molar-refractivity contribution in [3.05, 3.63) is 123 Å². The predicted molar refractivity (Wildman–Crippen MR) is 189 cm³/mol. The Bertz CT molecular complexity index is 1760. The van der Waals surface area contributed by atoms with Crippen molar-refractivity contribution < 1.29 is 23.1 Å². The van der Waals surface area contributed by atoms with E-state index in [9.17, 15) is 23.1 Å². The van der Waals surface area contributed by atoms with Gasteiger partial charge in [0.2, 0.25) is 10.0 Å². The molecule has 11 heteroatoms. The van der Waals surface area contributed by atoms with Crippen molar-refractivity contribution in [1.82, 2.24) is 16.0 Å². The van der Waals surface area contributed by atoms with Gasteiger partial charge in [0.1, 0.15) is 0 Å². The molecule has 0 aliphatic rings. The van der Waals surface area contributed by atoms with Crippen molar-refractivity contribution in [3.63, 3.8) is 0 Å². The Kier molecular flexibility index (Phi) is 12.3. The molecule has 4 aromatic rings. The highest BCUT2D eigenvalue weighted by atomic mass is 32.2. The minimum Gasteiger partial charge on any atom is -0.390 e. The maximum absolute atomic E-state index is 13.8. The number of aliphatic hydroxyl groups is 1. The molecule has 0 radical (unpaired) electrons. The highest BCUT2D eigenvalue weighted by Gasteiger charge is 2.25. The van der Waals surface area contributed by atoms with Gasteiger partial charge in [0, 0.05) is 28.6 Å². The Balaban J connectivity index is 1.58. The first kappa shape index (κ1) is 35.8. The quantitative estimate of drug-likeness (QED) is 0.110. The number of carbonyl (C=O) groups is 2. The molecule has 1 aromatic heterocycles. The van der Waals surface area contributed by atoms with Crippen molar-refractivity contribution in [1.29, 1.82) is 0 Å². The van der Waals surface area contributed by atoms with Gasteiger partial charge in [-0.2, -0.15) is 0 Å².